The van der Waals surface area contributed by atoms with Crippen LogP contribution in [0.2, 0.25) is 0 Å². The van der Waals surface area contributed by atoms with Crippen LogP contribution in [0.3, 0.4) is 0 Å². The SMILES string of the molecule is CCCCCCCCCCOC(=O)C1CC=CCC1C(=O)OCCCC. The lowest BCUT2D eigenvalue weighted by Crippen LogP contribution is -2.34. The van der Waals surface area contributed by atoms with E-state index in [1.807, 2.05) is 12.2 Å². The lowest BCUT2D eigenvalue weighted by molar-refractivity contribution is -0.161. The molecule has 0 aromatic rings. The monoisotopic (exact) mass is 366 g/mol. The van der Waals surface area contributed by atoms with E-state index < -0.39 is 0 Å². The van der Waals surface area contributed by atoms with Gasteiger partial charge in [-0.3, -0.25) is 9.59 Å². The molecule has 0 amide bonds. The van der Waals surface area contributed by atoms with Crippen LogP contribution in [0, 0.1) is 11.8 Å². The van der Waals surface area contributed by atoms with Gasteiger partial charge in [0.15, 0.2) is 0 Å². The predicted octanol–water partition coefficient (Wildman–Crippen LogP) is 5.60. The van der Waals surface area contributed by atoms with Crippen molar-refractivity contribution in [2.24, 2.45) is 11.8 Å². The standard InChI is InChI=1S/C22H38O4/c1-3-5-7-8-9-10-11-14-18-26-22(24)20-16-13-12-15-19(20)21(23)25-17-6-4-2/h12-13,19-20H,3-11,14-18H2,1-2H3. The molecule has 26 heavy (non-hydrogen) atoms. The van der Waals surface area contributed by atoms with Gasteiger partial charge < -0.3 is 9.47 Å². The molecule has 4 nitrogen and oxygen atoms in total. The second-order valence-electron chi connectivity index (χ2n) is 7.32. The lowest BCUT2D eigenvalue weighted by Gasteiger charge is -2.25. The fourth-order valence-corrected chi connectivity index (χ4v) is 3.28. The van der Waals surface area contributed by atoms with Crippen molar-refractivity contribution in [1.29, 1.82) is 0 Å². The van der Waals surface area contributed by atoms with E-state index in [-0.39, 0.29) is 23.8 Å². The quantitative estimate of drug-likeness (QED) is 0.228. The first-order chi connectivity index (χ1) is 12.7. The number of carbonyl (C=O) groups is 2. The first-order valence-electron chi connectivity index (χ1n) is 10.7. The number of rotatable bonds is 14. The average Bonchev–Trinajstić information content (AvgIpc) is 2.66. The molecule has 2 unspecified atom stereocenters. The van der Waals surface area contributed by atoms with Gasteiger partial charge in [-0.05, 0) is 25.7 Å². The van der Waals surface area contributed by atoms with Gasteiger partial charge in [0.25, 0.3) is 0 Å². The smallest absolute Gasteiger partial charge is 0.310 e. The largest absolute Gasteiger partial charge is 0.465 e. The highest BCUT2D eigenvalue weighted by molar-refractivity contribution is 5.82. The van der Waals surface area contributed by atoms with E-state index in [0.717, 1.165) is 25.7 Å². The highest BCUT2D eigenvalue weighted by Gasteiger charge is 2.36. The van der Waals surface area contributed by atoms with Crippen molar-refractivity contribution in [1.82, 2.24) is 0 Å². The molecule has 2 atom stereocenters. The van der Waals surface area contributed by atoms with E-state index in [4.69, 9.17) is 9.47 Å². The number of allylic oxidation sites excluding steroid dienone is 2. The Kier molecular flexibility index (Phi) is 12.9. The second-order valence-corrected chi connectivity index (χ2v) is 7.32. The Balaban J connectivity index is 2.22. The van der Waals surface area contributed by atoms with Gasteiger partial charge in [0.05, 0.1) is 25.0 Å². The summed E-state index contributed by atoms with van der Waals surface area (Å²) in [5.41, 5.74) is 0. The molecule has 0 saturated carbocycles. The summed E-state index contributed by atoms with van der Waals surface area (Å²) in [5.74, 6) is -1.27. The van der Waals surface area contributed by atoms with Gasteiger partial charge in [-0.2, -0.15) is 0 Å². The lowest BCUT2D eigenvalue weighted by atomic mass is 9.83. The molecule has 0 radical (unpaired) electrons. The van der Waals surface area contributed by atoms with Gasteiger partial charge in [0.1, 0.15) is 0 Å². The Morgan fingerprint density at radius 2 is 1.12 bits per heavy atom. The number of ether oxygens (including phenoxy) is 2. The summed E-state index contributed by atoms with van der Waals surface area (Å²) in [7, 11) is 0. The van der Waals surface area contributed by atoms with Crippen LogP contribution < -0.4 is 0 Å². The van der Waals surface area contributed by atoms with Crippen LogP contribution in [0.4, 0.5) is 0 Å². The van der Waals surface area contributed by atoms with Gasteiger partial charge >= 0.3 is 11.9 Å². The first kappa shape index (κ1) is 22.7. The molecule has 0 aromatic heterocycles. The molecule has 1 aliphatic rings. The fourth-order valence-electron chi connectivity index (χ4n) is 3.28. The Morgan fingerprint density at radius 3 is 1.62 bits per heavy atom. The van der Waals surface area contributed by atoms with Crippen LogP contribution in [0.5, 0.6) is 0 Å². The molecule has 0 saturated heterocycles. The van der Waals surface area contributed by atoms with Gasteiger partial charge in [-0.1, -0.05) is 77.4 Å². The van der Waals surface area contributed by atoms with Gasteiger partial charge in [-0.15, -0.1) is 0 Å². The maximum atomic E-state index is 12.4. The molecule has 0 bridgehead atoms. The van der Waals surface area contributed by atoms with Gasteiger partial charge in [-0.25, -0.2) is 0 Å². The summed E-state index contributed by atoms with van der Waals surface area (Å²) in [4.78, 5) is 24.6. The highest BCUT2D eigenvalue weighted by atomic mass is 16.5. The fraction of sp³-hybridized carbons (Fsp3) is 0.818. The third-order valence-electron chi connectivity index (χ3n) is 5.02. The summed E-state index contributed by atoms with van der Waals surface area (Å²) in [6.45, 7) is 5.19. The third-order valence-corrected chi connectivity index (χ3v) is 5.02. The number of hydrogen-bond acceptors (Lipinski definition) is 4. The minimum absolute atomic E-state index is 0.241. The zero-order valence-corrected chi connectivity index (χ0v) is 16.8. The molecule has 0 aliphatic heterocycles. The van der Waals surface area contributed by atoms with Gasteiger partial charge in [0.2, 0.25) is 0 Å². The predicted molar refractivity (Wildman–Crippen MR) is 105 cm³/mol. The molecule has 0 heterocycles. The van der Waals surface area contributed by atoms with Crippen molar-refractivity contribution < 1.29 is 19.1 Å². The van der Waals surface area contributed by atoms with Crippen molar-refractivity contribution in [2.45, 2.75) is 90.9 Å². The van der Waals surface area contributed by atoms with E-state index in [9.17, 15) is 9.59 Å². The summed E-state index contributed by atoms with van der Waals surface area (Å²) in [6, 6.07) is 0. The van der Waals surface area contributed by atoms with Crippen molar-refractivity contribution in [3.63, 3.8) is 0 Å². The summed E-state index contributed by atoms with van der Waals surface area (Å²) in [5, 5.41) is 0. The molecule has 0 N–H and O–H groups in total. The highest BCUT2D eigenvalue weighted by Crippen LogP contribution is 2.28. The average molecular weight is 367 g/mol. The Bertz CT molecular complexity index is 416. The normalized spacial score (nSPS) is 19.3. The van der Waals surface area contributed by atoms with Crippen molar-refractivity contribution in [3.8, 4) is 0 Å². The van der Waals surface area contributed by atoms with E-state index >= 15 is 0 Å². The zero-order valence-electron chi connectivity index (χ0n) is 16.8. The molecule has 150 valence electrons. The van der Waals surface area contributed by atoms with E-state index in [0.29, 0.717) is 26.1 Å². The van der Waals surface area contributed by atoms with Crippen LogP contribution in [-0.4, -0.2) is 25.2 Å². The molecule has 0 fully saturated rings. The van der Waals surface area contributed by atoms with Crippen LogP contribution in [-0.2, 0) is 19.1 Å². The minimum atomic E-state index is -0.386. The molecular formula is C22H38O4. The van der Waals surface area contributed by atoms with Gasteiger partial charge in [0, 0.05) is 0 Å². The molecule has 1 rings (SSSR count). The topological polar surface area (TPSA) is 52.6 Å². The second kappa shape index (κ2) is 14.8. The minimum Gasteiger partial charge on any atom is -0.465 e. The Hall–Kier alpha value is -1.32. The van der Waals surface area contributed by atoms with E-state index in [2.05, 4.69) is 13.8 Å². The van der Waals surface area contributed by atoms with Crippen LogP contribution >= 0.6 is 0 Å². The molecule has 0 spiro atoms. The Morgan fingerprint density at radius 1 is 0.692 bits per heavy atom. The van der Waals surface area contributed by atoms with Crippen LogP contribution in [0.25, 0.3) is 0 Å². The molecule has 0 aromatic carbocycles. The molecular weight excluding hydrogens is 328 g/mol. The summed E-state index contributed by atoms with van der Waals surface area (Å²) < 4.78 is 10.8. The Labute approximate surface area is 159 Å². The van der Waals surface area contributed by atoms with Crippen molar-refractivity contribution in [2.75, 3.05) is 13.2 Å². The summed E-state index contributed by atoms with van der Waals surface area (Å²) >= 11 is 0. The third kappa shape index (κ3) is 9.40. The molecule has 1 aliphatic carbocycles. The van der Waals surface area contributed by atoms with E-state index in [1.165, 1.54) is 38.5 Å². The number of carbonyl (C=O) groups excluding carboxylic acids is 2. The van der Waals surface area contributed by atoms with Crippen LogP contribution in [0.1, 0.15) is 90.9 Å². The zero-order chi connectivity index (χ0) is 19.0. The number of unbranched alkanes of at least 4 members (excludes halogenated alkanes) is 8. The maximum absolute atomic E-state index is 12.4. The number of hydrogen-bond donors (Lipinski definition) is 0. The molecule has 4 heteroatoms. The summed E-state index contributed by atoms with van der Waals surface area (Å²) in [6.07, 6.45) is 16.7. The maximum Gasteiger partial charge on any atom is 0.310 e. The van der Waals surface area contributed by atoms with E-state index in [1.54, 1.807) is 0 Å². The van der Waals surface area contributed by atoms with Crippen LogP contribution in [0.15, 0.2) is 12.2 Å². The van der Waals surface area contributed by atoms with Crippen molar-refractivity contribution >= 4 is 11.9 Å². The first-order valence-corrected chi connectivity index (χ1v) is 10.7. The van der Waals surface area contributed by atoms with Crippen molar-refractivity contribution in [3.05, 3.63) is 12.2 Å². The number of esters is 2.